The second-order valence-corrected chi connectivity index (χ2v) is 5.73. The lowest BCUT2D eigenvalue weighted by atomic mass is 9.77. The number of hydrogen-bond donors (Lipinski definition) is 0. The summed E-state index contributed by atoms with van der Waals surface area (Å²) >= 11 is 0. The predicted octanol–water partition coefficient (Wildman–Crippen LogP) is 5.85. The third-order valence-corrected chi connectivity index (χ3v) is 3.97. The van der Waals surface area contributed by atoms with Gasteiger partial charge in [-0.15, -0.1) is 0 Å². The molecule has 0 bridgehead atoms. The molecule has 0 heteroatoms. The quantitative estimate of drug-likeness (QED) is 0.635. The van der Waals surface area contributed by atoms with Gasteiger partial charge < -0.3 is 0 Å². The molecule has 2 aromatic rings. The molecule has 0 nitrogen and oxygen atoms in total. The van der Waals surface area contributed by atoms with E-state index < -0.39 is 0 Å². The molecule has 0 radical (unpaired) electrons. The van der Waals surface area contributed by atoms with Gasteiger partial charge in [0.1, 0.15) is 0 Å². The zero-order valence-electron chi connectivity index (χ0n) is 12.8. The number of benzene rings is 2. The molecular formula is C20H24. The minimum atomic E-state index is 0.107. The molecular weight excluding hydrogens is 240 g/mol. The summed E-state index contributed by atoms with van der Waals surface area (Å²) in [4.78, 5) is 0. The van der Waals surface area contributed by atoms with Crippen molar-refractivity contribution >= 4 is 5.57 Å². The van der Waals surface area contributed by atoms with Gasteiger partial charge in [-0.1, -0.05) is 87.0 Å². The molecule has 2 rings (SSSR count). The zero-order chi connectivity index (χ0) is 14.4. The van der Waals surface area contributed by atoms with E-state index in [9.17, 15) is 0 Å². The highest BCUT2D eigenvalue weighted by Crippen LogP contribution is 2.33. The Morgan fingerprint density at radius 2 is 1.50 bits per heavy atom. The second-order valence-electron chi connectivity index (χ2n) is 5.73. The average Bonchev–Trinajstić information content (AvgIpc) is 2.49. The molecule has 0 saturated heterocycles. The van der Waals surface area contributed by atoms with Crippen molar-refractivity contribution in [2.45, 2.75) is 39.0 Å². The van der Waals surface area contributed by atoms with Crippen molar-refractivity contribution in [3.8, 4) is 0 Å². The minimum Gasteiger partial charge on any atom is -0.0707 e. The van der Waals surface area contributed by atoms with Crippen LogP contribution in [0, 0.1) is 0 Å². The summed E-state index contributed by atoms with van der Waals surface area (Å²) in [5.74, 6) is 0. The van der Waals surface area contributed by atoms with Crippen LogP contribution in [0.5, 0.6) is 0 Å². The van der Waals surface area contributed by atoms with Crippen LogP contribution in [0.1, 0.15) is 44.7 Å². The van der Waals surface area contributed by atoms with Crippen LogP contribution in [-0.2, 0) is 5.41 Å². The maximum absolute atomic E-state index is 2.43. The van der Waals surface area contributed by atoms with Gasteiger partial charge in [0.25, 0.3) is 0 Å². The van der Waals surface area contributed by atoms with Crippen LogP contribution in [0.25, 0.3) is 5.57 Å². The molecule has 20 heavy (non-hydrogen) atoms. The molecule has 2 aromatic carbocycles. The monoisotopic (exact) mass is 264 g/mol. The highest BCUT2D eigenvalue weighted by atomic mass is 14.3. The molecule has 0 fully saturated rings. The van der Waals surface area contributed by atoms with E-state index in [-0.39, 0.29) is 5.41 Å². The summed E-state index contributed by atoms with van der Waals surface area (Å²) in [5, 5.41) is 0. The van der Waals surface area contributed by atoms with Crippen molar-refractivity contribution in [1.29, 1.82) is 0 Å². The normalized spacial score (nSPS) is 14.8. The van der Waals surface area contributed by atoms with Gasteiger partial charge in [0.05, 0.1) is 0 Å². The highest BCUT2D eigenvalue weighted by molar-refractivity contribution is 5.65. The summed E-state index contributed by atoms with van der Waals surface area (Å²) in [6.45, 7) is 6.82. The number of hydrogen-bond acceptors (Lipinski definition) is 0. The lowest BCUT2D eigenvalue weighted by Crippen LogP contribution is -2.19. The Hall–Kier alpha value is -1.82. The fourth-order valence-corrected chi connectivity index (χ4v) is 2.90. The van der Waals surface area contributed by atoms with Crippen molar-refractivity contribution < 1.29 is 0 Å². The van der Waals surface area contributed by atoms with Crippen molar-refractivity contribution in [3.05, 3.63) is 77.9 Å². The first-order valence-corrected chi connectivity index (χ1v) is 7.46. The molecule has 0 N–H and O–H groups in total. The van der Waals surface area contributed by atoms with Gasteiger partial charge >= 0.3 is 0 Å². The molecule has 104 valence electrons. The second kappa shape index (κ2) is 6.56. The molecule has 0 heterocycles. The Morgan fingerprint density at radius 1 is 0.950 bits per heavy atom. The molecule has 0 spiro atoms. The van der Waals surface area contributed by atoms with E-state index in [1.54, 1.807) is 0 Å². The van der Waals surface area contributed by atoms with Crippen LogP contribution in [0.3, 0.4) is 0 Å². The summed E-state index contributed by atoms with van der Waals surface area (Å²) in [7, 11) is 0. The Bertz CT molecular complexity index is 551. The highest BCUT2D eigenvalue weighted by Gasteiger charge is 2.23. The summed E-state index contributed by atoms with van der Waals surface area (Å²) in [6.07, 6.45) is 4.78. The molecule has 0 saturated carbocycles. The first-order valence-electron chi connectivity index (χ1n) is 7.46. The maximum Gasteiger partial charge on any atom is 0.0109 e. The summed E-state index contributed by atoms with van der Waals surface area (Å²) in [6, 6.07) is 21.5. The first-order chi connectivity index (χ1) is 9.65. The maximum atomic E-state index is 2.43. The van der Waals surface area contributed by atoms with E-state index in [1.807, 2.05) is 0 Å². The van der Waals surface area contributed by atoms with Crippen molar-refractivity contribution in [2.75, 3.05) is 0 Å². The Labute approximate surface area is 123 Å². The Balaban J connectivity index is 2.39. The van der Waals surface area contributed by atoms with E-state index in [4.69, 9.17) is 0 Å². The fraction of sp³-hybridized carbons (Fsp3) is 0.300. The van der Waals surface area contributed by atoms with Crippen LogP contribution < -0.4 is 0 Å². The Kier molecular flexibility index (Phi) is 4.79. The van der Waals surface area contributed by atoms with Gasteiger partial charge in [0.2, 0.25) is 0 Å². The van der Waals surface area contributed by atoms with Crippen LogP contribution >= 0.6 is 0 Å². The topological polar surface area (TPSA) is 0 Å². The van der Waals surface area contributed by atoms with Gasteiger partial charge in [-0.2, -0.15) is 0 Å². The fourth-order valence-electron chi connectivity index (χ4n) is 2.90. The van der Waals surface area contributed by atoms with Crippen molar-refractivity contribution in [1.82, 2.24) is 0 Å². The van der Waals surface area contributed by atoms with Gasteiger partial charge in [-0.3, -0.25) is 0 Å². The lowest BCUT2D eigenvalue weighted by Gasteiger charge is -2.27. The lowest BCUT2D eigenvalue weighted by molar-refractivity contribution is 0.532. The van der Waals surface area contributed by atoms with Gasteiger partial charge in [-0.05, 0) is 30.0 Å². The molecule has 0 aliphatic rings. The SMILES string of the molecule is CCCC(C)(C=C(C)c1ccccc1)c1ccccc1. The van der Waals surface area contributed by atoms with E-state index >= 15 is 0 Å². The molecule has 0 aromatic heterocycles. The molecule has 1 atom stereocenters. The third kappa shape index (κ3) is 3.39. The molecule has 0 aliphatic heterocycles. The Morgan fingerprint density at radius 3 is 2.05 bits per heavy atom. The molecule has 1 unspecified atom stereocenters. The minimum absolute atomic E-state index is 0.107. The largest absolute Gasteiger partial charge is 0.0707 e. The molecule has 0 aliphatic carbocycles. The number of allylic oxidation sites excluding steroid dienone is 2. The van der Waals surface area contributed by atoms with Crippen molar-refractivity contribution in [2.24, 2.45) is 0 Å². The van der Waals surface area contributed by atoms with Crippen LogP contribution in [0.15, 0.2) is 66.7 Å². The van der Waals surface area contributed by atoms with E-state index in [0.29, 0.717) is 0 Å². The van der Waals surface area contributed by atoms with E-state index in [1.165, 1.54) is 29.5 Å². The van der Waals surface area contributed by atoms with Crippen LogP contribution in [0.2, 0.25) is 0 Å². The van der Waals surface area contributed by atoms with Crippen LogP contribution in [0.4, 0.5) is 0 Å². The van der Waals surface area contributed by atoms with E-state index in [0.717, 1.165) is 0 Å². The summed E-state index contributed by atoms with van der Waals surface area (Å²) < 4.78 is 0. The van der Waals surface area contributed by atoms with Gasteiger partial charge in [0.15, 0.2) is 0 Å². The average molecular weight is 264 g/mol. The van der Waals surface area contributed by atoms with Gasteiger partial charge in [-0.25, -0.2) is 0 Å². The predicted molar refractivity (Wildman–Crippen MR) is 88.8 cm³/mol. The van der Waals surface area contributed by atoms with E-state index in [2.05, 4.69) is 87.5 Å². The number of rotatable bonds is 5. The summed E-state index contributed by atoms with van der Waals surface area (Å²) in [5.41, 5.74) is 4.17. The van der Waals surface area contributed by atoms with Gasteiger partial charge in [0, 0.05) is 5.41 Å². The first kappa shape index (κ1) is 14.6. The van der Waals surface area contributed by atoms with Crippen LogP contribution in [-0.4, -0.2) is 0 Å². The zero-order valence-corrected chi connectivity index (χ0v) is 12.8. The standard InChI is InChI=1S/C20H24/c1-4-15-20(3,19-13-9-6-10-14-19)16-17(2)18-11-7-5-8-12-18/h5-14,16H,4,15H2,1-3H3. The van der Waals surface area contributed by atoms with Crippen molar-refractivity contribution in [3.63, 3.8) is 0 Å². The smallest absolute Gasteiger partial charge is 0.0109 e. The molecule has 0 amide bonds. The third-order valence-electron chi connectivity index (χ3n) is 3.97.